The molecule has 10 nitrogen and oxygen atoms in total. The van der Waals surface area contributed by atoms with Crippen LogP contribution in [0.15, 0.2) is 36.4 Å². The highest BCUT2D eigenvalue weighted by atomic mass is 16.7. The van der Waals surface area contributed by atoms with Gasteiger partial charge < -0.3 is 44.1 Å². The van der Waals surface area contributed by atoms with E-state index in [0.29, 0.717) is 17.1 Å². The molecule has 1 fully saturated rings. The molecule has 7 atom stereocenters. The Labute approximate surface area is 189 Å². The lowest BCUT2D eigenvalue weighted by molar-refractivity contribution is -0.304. The highest BCUT2D eigenvalue weighted by Gasteiger charge is 2.48. The van der Waals surface area contributed by atoms with Crippen LogP contribution in [0.1, 0.15) is 28.9 Å². The van der Waals surface area contributed by atoms with Crippen molar-refractivity contribution in [2.24, 2.45) is 0 Å². The summed E-state index contributed by atoms with van der Waals surface area (Å²) in [6, 6.07) is 9.52. The van der Waals surface area contributed by atoms with Crippen molar-refractivity contribution in [3.05, 3.63) is 47.5 Å². The predicted octanol–water partition coefficient (Wildman–Crippen LogP) is 0.938. The van der Waals surface area contributed by atoms with Gasteiger partial charge in [0.2, 0.25) is 5.78 Å². The number of ketones is 1. The van der Waals surface area contributed by atoms with Crippen LogP contribution in [0.5, 0.6) is 23.0 Å². The van der Waals surface area contributed by atoms with E-state index in [0.717, 1.165) is 0 Å². The first kappa shape index (κ1) is 23.3. The Hall–Kier alpha value is -2.89. The van der Waals surface area contributed by atoms with E-state index in [-0.39, 0.29) is 17.1 Å². The molecule has 0 aromatic heterocycles. The van der Waals surface area contributed by atoms with Gasteiger partial charge in [-0.3, -0.25) is 4.79 Å². The number of benzene rings is 2. The molecule has 0 radical (unpaired) electrons. The molecule has 1 saturated heterocycles. The molecule has 178 valence electrons. The van der Waals surface area contributed by atoms with Gasteiger partial charge in [0, 0.05) is 12.1 Å². The van der Waals surface area contributed by atoms with E-state index in [4.69, 9.17) is 23.7 Å². The highest BCUT2D eigenvalue weighted by Crippen LogP contribution is 2.44. The summed E-state index contributed by atoms with van der Waals surface area (Å²) in [5.41, 5.74) is 0.450. The van der Waals surface area contributed by atoms with Crippen molar-refractivity contribution in [1.82, 2.24) is 0 Å². The number of methoxy groups -OCH3 is 2. The largest absolute Gasteiger partial charge is 0.507 e. The van der Waals surface area contributed by atoms with Crippen LogP contribution in [-0.4, -0.2) is 77.2 Å². The second-order valence-corrected chi connectivity index (χ2v) is 7.93. The molecule has 2 aromatic rings. The van der Waals surface area contributed by atoms with E-state index in [1.807, 2.05) is 0 Å². The molecule has 0 spiro atoms. The molecule has 2 aliphatic rings. The number of aliphatic hydroxyl groups excluding tert-OH is 3. The van der Waals surface area contributed by atoms with E-state index in [1.165, 1.54) is 33.3 Å². The van der Waals surface area contributed by atoms with Crippen LogP contribution in [0.2, 0.25) is 0 Å². The van der Waals surface area contributed by atoms with E-state index in [1.54, 1.807) is 24.3 Å². The van der Waals surface area contributed by atoms with Crippen molar-refractivity contribution in [3.63, 3.8) is 0 Å². The second kappa shape index (κ2) is 9.16. The Morgan fingerprint density at radius 3 is 2.21 bits per heavy atom. The number of carbonyl (C=O) groups is 1. The Morgan fingerprint density at radius 1 is 0.909 bits per heavy atom. The van der Waals surface area contributed by atoms with E-state index >= 15 is 0 Å². The molecule has 2 aromatic carbocycles. The number of phenolic OH excluding ortho intramolecular Hbond substituents is 1. The number of rotatable bonds is 5. The quantitative estimate of drug-likeness (QED) is 0.507. The molecule has 4 N–H and O–H groups in total. The number of hydrogen-bond donors (Lipinski definition) is 4. The number of hydrogen-bond acceptors (Lipinski definition) is 10. The third-order valence-electron chi connectivity index (χ3n) is 5.86. The second-order valence-electron chi connectivity index (χ2n) is 7.93. The van der Waals surface area contributed by atoms with Gasteiger partial charge in [-0.25, -0.2) is 0 Å². The molecule has 10 heteroatoms. The van der Waals surface area contributed by atoms with Crippen molar-refractivity contribution in [3.8, 4) is 23.0 Å². The topological polar surface area (TPSA) is 144 Å². The number of fused-ring (bicyclic) bond motifs is 1. The molecule has 4 rings (SSSR count). The fourth-order valence-electron chi connectivity index (χ4n) is 3.95. The lowest BCUT2D eigenvalue weighted by atomic mass is 9.92. The summed E-state index contributed by atoms with van der Waals surface area (Å²) in [6.07, 6.45) is -9.12. The molecule has 2 aliphatic heterocycles. The fraction of sp³-hybridized carbons (Fsp3) is 0.435. The normalized spacial score (nSPS) is 31.5. The van der Waals surface area contributed by atoms with Crippen molar-refractivity contribution in [1.29, 1.82) is 0 Å². The fourth-order valence-corrected chi connectivity index (χ4v) is 3.95. The SMILES string of the molecule is COc1ccc([C@H]2Oc3cc(OC)cc(O)c3C(=O)[C@@H]2O[C@@H]2O[C@H](C)[C@H](O)[C@@H](O)[C@H]2O)cc1. The van der Waals surface area contributed by atoms with Gasteiger partial charge in [-0.1, -0.05) is 12.1 Å². The summed E-state index contributed by atoms with van der Waals surface area (Å²) < 4.78 is 27.8. The van der Waals surface area contributed by atoms with Crippen LogP contribution in [0.25, 0.3) is 0 Å². The number of ether oxygens (including phenoxy) is 5. The van der Waals surface area contributed by atoms with Gasteiger partial charge in [0.1, 0.15) is 46.9 Å². The molecule has 0 bridgehead atoms. The number of Topliss-reactive ketones (excluding diaryl/α,β-unsaturated/α-hetero) is 1. The minimum Gasteiger partial charge on any atom is -0.507 e. The van der Waals surface area contributed by atoms with Crippen LogP contribution >= 0.6 is 0 Å². The molecular weight excluding hydrogens is 436 g/mol. The number of carbonyl (C=O) groups excluding carboxylic acids is 1. The van der Waals surface area contributed by atoms with Crippen molar-refractivity contribution in [2.75, 3.05) is 14.2 Å². The average molecular weight is 462 g/mol. The third-order valence-corrected chi connectivity index (χ3v) is 5.86. The molecule has 0 amide bonds. The maximum absolute atomic E-state index is 13.5. The maximum Gasteiger partial charge on any atom is 0.203 e. The number of aromatic hydroxyl groups is 1. The summed E-state index contributed by atoms with van der Waals surface area (Å²) in [7, 11) is 2.94. The number of aliphatic hydroxyl groups is 3. The van der Waals surface area contributed by atoms with Gasteiger partial charge in [0.05, 0.1) is 20.3 Å². The minimum atomic E-state index is -1.62. The summed E-state index contributed by atoms with van der Waals surface area (Å²) >= 11 is 0. The van der Waals surface area contributed by atoms with Crippen molar-refractivity contribution < 1.29 is 48.9 Å². The maximum atomic E-state index is 13.5. The summed E-state index contributed by atoms with van der Waals surface area (Å²) in [5.74, 6) is 0.0247. The van der Waals surface area contributed by atoms with Crippen LogP contribution in [0.4, 0.5) is 0 Å². The van der Waals surface area contributed by atoms with Crippen LogP contribution in [0.3, 0.4) is 0 Å². The lowest BCUT2D eigenvalue weighted by Crippen LogP contribution is -2.59. The van der Waals surface area contributed by atoms with E-state index < -0.39 is 48.7 Å². The zero-order valence-electron chi connectivity index (χ0n) is 18.2. The summed E-state index contributed by atoms with van der Waals surface area (Å²) in [4.78, 5) is 13.5. The van der Waals surface area contributed by atoms with Crippen LogP contribution < -0.4 is 14.2 Å². The molecule has 0 unspecified atom stereocenters. The number of phenols is 1. The van der Waals surface area contributed by atoms with Crippen molar-refractivity contribution in [2.45, 2.75) is 49.8 Å². The standard InChI is InChI=1S/C23H26O10/c1-10-17(25)19(27)20(28)23(31-10)33-22-18(26)16-14(24)8-13(30-3)9-15(16)32-21(22)11-4-6-12(29-2)7-5-11/h4-10,17,19-25,27-28H,1-3H3/t10-,17+,19-,20-,21-,22+,23+/m1/s1. The minimum absolute atomic E-state index is 0.103. The highest BCUT2D eigenvalue weighted by molar-refractivity contribution is 6.05. The van der Waals surface area contributed by atoms with E-state index in [9.17, 15) is 25.2 Å². The smallest absolute Gasteiger partial charge is 0.203 e. The first-order valence-electron chi connectivity index (χ1n) is 10.4. The molecule has 2 heterocycles. The Morgan fingerprint density at radius 2 is 1.58 bits per heavy atom. The first-order valence-corrected chi connectivity index (χ1v) is 10.4. The van der Waals surface area contributed by atoms with Crippen LogP contribution in [-0.2, 0) is 9.47 Å². The van der Waals surface area contributed by atoms with Gasteiger partial charge in [-0.2, -0.15) is 0 Å². The third kappa shape index (κ3) is 4.23. The summed E-state index contributed by atoms with van der Waals surface area (Å²) in [6.45, 7) is 1.50. The molecule has 0 saturated carbocycles. The first-order chi connectivity index (χ1) is 15.7. The van der Waals surface area contributed by atoms with Crippen LogP contribution in [0, 0.1) is 0 Å². The molecular formula is C23H26O10. The van der Waals surface area contributed by atoms with Gasteiger partial charge in [-0.15, -0.1) is 0 Å². The van der Waals surface area contributed by atoms with Gasteiger partial charge in [0.25, 0.3) is 0 Å². The Balaban J connectivity index is 1.73. The zero-order valence-corrected chi connectivity index (χ0v) is 18.2. The predicted molar refractivity (Wildman–Crippen MR) is 113 cm³/mol. The monoisotopic (exact) mass is 462 g/mol. The molecule has 0 aliphatic carbocycles. The van der Waals surface area contributed by atoms with Gasteiger partial charge >= 0.3 is 0 Å². The van der Waals surface area contributed by atoms with Crippen molar-refractivity contribution >= 4 is 5.78 Å². The van der Waals surface area contributed by atoms with Gasteiger partial charge in [0.15, 0.2) is 18.5 Å². The van der Waals surface area contributed by atoms with E-state index in [2.05, 4.69) is 0 Å². The molecule has 33 heavy (non-hydrogen) atoms. The van der Waals surface area contributed by atoms with Gasteiger partial charge in [-0.05, 0) is 24.6 Å². The summed E-state index contributed by atoms with van der Waals surface area (Å²) in [5, 5.41) is 40.9. The lowest BCUT2D eigenvalue weighted by Gasteiger charge is -2.42. The Kier molecular flexibility index (Phi) is 6.46. The zero-order chi connectivity index (χ0) is 23.9. The average Bonchev–Trinajstić information content (AvgIpc) is 2.82. The Bertz CT molecular complexity index is 1010.